The second-order valence-electron chi connectivity index (χ2n) is 7.86. The number of halogens is 1. The Morgan fingerprint density at radius 2 is 1.81 bits per heavy atom. The summed E-state index contributed by atoms with van der Waals surface area (Å²) in [7, 11) is 0. The highest BCUT2D eigenvalue weighted by Gasteiger charge is 2.56. The Kier molecular flexibility index (Phi) is 3.54. The van der Waals surface area contributed by atoms with Gasteiger partial charge in [-0.15, -0.1) is 0 Å². The summed E-state index contributed by atoms with van der Waals surface area (Å²) in [5, 5.41) is 0.988. The van der Waals surface area contributed by atoms with Crippen LogP contribution in [0.5, 0.6) is 0 Å². The summed E-state index contributed by atoms with van der Waals surface area (Å²) in [5.74, 6) is 3.53. The molecule has 1 aromatic carbocycles. The van der Waals surface area contributed by atoms with Gasteiger partial charge in [-0.2, -0.15) is 0 Å². The molecule has 3 atom stereocenters. The monoisotopic (exact) mass is 303 g/mol. The van der Waals surface area contributed by atoms with Crippen molar-refractivity contribution in [2.45, 2.75) is 50.9 Å². The summed E-state index contributed by atoms with van der Waals surface area (Å²) < 4.78 is 0. The summed E-state index contributed by atoms with van der Waals surface area (Å²) in [6, 6.07) is 8.61. The molecule has 4 saturated carbocycles. The fraction of sp³-hybridized carbons (Fsp3) is 0.684. The van der Waals surface area contributed by atoms with Crippen LogP contribution in [0.15, 0.2) is 24.3 Å². The van der Waals surface area contributed by atoms with Gasteiger partial charge in [-0.3, -0.25) is 0 Å². The van der Waals surface area contributed by atoms with Crippen LogP contribution in [-0.2, 0) is 0 Å². The molecule has 0 radical (unpaired) electrons. The highest BCUT2D eigenvalue weighted by Crippen LogP contribution is 2.68. The molecule has 0 heterocycles. The molecule has 2 heteroatoms. The molecule has 5 rings (SSSR count). The minimum absolute atomic E-state index is 0.499. The van der Waals surface area contributed by atoms with Crippen molar-refractivity contribution in [1.82, 2.24) is 0 Å². The Bertz CT molecular complexity index is 512. The Morgan fingerprint density at radius 1 is 1.10 bits per heavy atom. The van der Waals surface area contributed by atoms with Gasteiger partial charge in [0.05, 0.1) is 0 Å². The van der Waals surface area contributed by atoms with Gasteiger partial charge < -0.3 is 5.73 Å². The minimum atomic E-state index is 0.499. The Labute approximate surface area is 133 Å². The summed E-state index contributed by atoms with van der Waals surface area (Å²) >= 11 is 6.59. The van der Waals surface area contributed by atoms with Crippen LogP contribution < -0.4 is 5.73 Å². The molecule has 0 aromatic heterocycles. The quantitative estimate of drug-likeness (QED) is 0.833. The van der Waals surface area contributed by atoms with Crippen molar-refractivity contribution >= 4 is 11.6 Å². The fourth-order valence-electron chi connectivity index (χ4n) is 6.33. The molecule has 0 saturated heterocycles. The molecule has 4 fully saturated rings. The van der Waals surface area contributed by atoms with Crippen molar-refractivity contribution in [2.24, 2.45) is 28.9 Å². The third-order valence-electron chi connectivity index (χ3n) is 6.58. The maximum Gasteiger partial charge on any atom is 0.0441 e. The lowest BCUT2D eigenvalue weighted by Crippen LogP contribution is -2.51. The number of hydrogen-bond acceptors (Lipinski definition) is 1. The maximum atomic E-state index is 6.59. The average Bonchev–Trinajstić information content (AvgIpc) is 2.46. The largest absolute Gasteiger partial charge is 0.330 e. The number of rotatable bonds is 4. The SMILES string of the molecule is NCCCC12CC3CC(CC(C3)C1c1ccccc1Cl)C2. The van der Waals surface area contributed by atoms with Crippen LogP contribution in [0.3, 0.4) is 0 Å². The number of nitrogens with two attached hydrogens (primary N) is 1. The van der Waals surface area contributed by atoms with E-state index >= 15 is 0 Å². The lowest BCUT2D eigenvalue weighted by Gasteiger charge is -2.62. The van der Waals surface area contributed by atoms with Gasteiger partial charge in [-0.05, 0) is 92.2 Å². The van der Waals surface area contributed by atoms with Crippen LogP contribution in [0.25, 0.3) is 0 Å². The normalized spacial score (nSPS) is 40.7. The lowest BCUT2D eigenvalue weighted by molar-refractivity contribution is -0.0806. The first kappa shape index (κ1) is 14.1. The van der Waals surface area contributed by atoms with Gasteiger partial charge in [0.25, 0.3) is 0 Å². The molecule has 0 amide bonds. The zero-order chi connectivity index (χ0) is 14.4. The van der Waals surface area contributed by atoms with E-state index in [1.807, 2.05) is 0 Å². The maximum absolute atomic E-state index is 6.59. The molecule has 4 bridgehead atoms. The van der Waals surface area contributed by atoms with Gasteiger partial charge in [0, 0.05) is 5.02 Å². The van der Waals surface area contributed by atoms with Crippen molar-refractivity contribution in [2.75, 3.05) is 6.54 Å². The summed E-state index contributed by atoms with van der Waals surface area (Å²) in [6.45, 7) is 0.830. The van der Waals surface area contributed by atoms with Crippen LogP contribution in [0.1, 0.15) is 56.4 Å². The molecule has 21 heavy (non-hydrogen) atoms. The second-order valence-corrected chi connectivity index (χ2v) is 8.27. The molecule has 2 N–H and O–H groups in total. The van der Waals surface area contributed by atoms with E-state index in [-0.39, 0.29) is 0 Å². The van der Waals surface area contributed by atoms with E-state index in [0.717, 1.165) is 29.3 Å². The molecule has 0 spiro atoms. The summed E-state index contributed by atoms with van der Waals surface area (Å²) in [6.07, 6.45) is 9.71. The van der Waals surface area contributed by atoms with Gasteiger partial charge in [0.1, 0.15) is 0 Å². The lowest BCUT2D eigenvalue weighted by atomic mass is 9.43. The van der Waals surface area contributed by atoms with Crippen molar-refractivity contribution in [3.8, 4) is 0 Å². The van der Waals surface area contributed by atoms with Crippen LogP contribution in [-0.4, -0.2) is 6.54 Å². The molecule has 4 aliphatic rings. The standard InChI is InChI=1S/C19H26ClN/c20-17-5-2-1-4-16(17)18-15-9-13-8-14(10-15)12-19(18,11-13)6-3-7-21/h1-2,4-5,13-15,18H,3,6-12,21H2. The molecule has 1 aromatic rings. The fourth-order valence-corrected chi connectivity index (χ4v) is 6.59. The third-order valence-corrected chi connectivity index (χ3v) is 6.92. The van der Waals surface area contributed by atoms with E-state index in [1.54, 1.807) is 0 Å². The van der Waals surface area contributed by atoms with Crippen molar-refractivity contribution in [3.05, 3.63) is 34.9 Å². The molecular formula is C19H26ClN. The first-order valence-electron chi connectivity index (χ1n) is 8.66. The first-order valence-corrected chi connectivity index (χ1v) is 9.04. The van der Waals surface area contributed by atoms with Gasteiger partial charge in [-0.25, -0.2) is 0 Å². The van der Waals surface area contributed by atoms with Crippen LogP contribution in [0, 0.1) is 23.2 Å². The molecular weight excluding hydrogens is 278 g/mol. The molecule has 114 valence electrons. The van der Waals surface area contributed by atoms with Gasteiger partial charge in [-0.1, -0.05) is 29.8 Å². The molecule has 0 aliphatic heterocycles. The van der Waals surface area contributed by atoms with Crippen molar-refractivity contribution in [1.29, 1.82) is 0 Å². The van der Waals surface area contributed by atoms with E-state index in [0.29, 0.717) is 11.3 Å². The third kappa shape index (κ3) is 2.24. The van der Waals surface area contributed by atoms with Gasteiger partial charge in [0.15, 0.2) is 0 Å². The highest BCUT2D eigenvalue weighted by atomic mass is 35.5. The van der Waals surface area contributed by atoms with Crippen LogP contribution in [0.2, 0.25) is 5.02 Å². The van der Waals surface area contributed by atoms with Crippen LogP contribution >= 0.6 is 11.6 Å². The summed E-state index contributed by atoms with van der Waals surface area (Å²) in [5.41, 5.74) is 7.78. The molecule has 1 nitrogen and oxygen atoms in total. The number of hydrogen-bond donors (Lipinski definition) is 1. The zero-order valence-corrected chi connectivity index (χ0v) is 13.5. The molecule has 3 unspecified atom stereocenters. The average molecular weight is 304 g/mol. The summed E-state index contributed by atoms with van der Waals surface area (Å²) in [4.78, 5) is 0. The zero-order valence-electron chi connectivity index (χ0n) is 12.7. The smallest absolute Gasteiger partial charge is 0.0441 e. The molecule has 4 aliphatic carbocycles. The predicted molar refractivity (Wildman–Crippen MR) is 88.5 cm³/mol. The van der Waals surface area contributed by atoms with Crippen molar-refractivity contribution < 1.29 is 0 Å². The predicted octanol–water partition coefficient (Wildman–Crippen LogP) is 4.99. The Balaban J connectivity index is 1.74. The van der Waals surface area contributed by atoms with Gasteiger partial charge >= 0.3 is 0 Å². The first-order chi connectivity index (χ1) is 10.2. The van der Waals surface area contributed by atoms with E-state index in [4.69, 9.17) is 17.3 Å². The van der Waals surface area contributed by atoms with E-state index < -0.39 is 0 Å². The Hall–Kier alpha value is -0.530. The van der Waals surface area contributed by atoms with Crippen LogP contribution in [0.4, 0.5) is 0 Å². The van der Waals surface area contributed by atoms with E-state index in [1.165, 1.54) is 50.5 Å². The van der Waals surface area contributed by atoms with Gasteiger partial charge in [0.2, 0.25) is 0 Å². The minimum Gasteiger partial charge on any atom is -0.330 e. The van der Waals surface area contributed by atoms with E-state index in [2.05, 4.69) is 24.3 Å². The Morgan fingerprint density at radius 3 is 2.48 bits per heavy atom. The van der Waals surface area contributed by atoms with Crippen molar-refractivity contribution in [3.63, 3.8) is 0 Å². The highest BCUT2D eigenvalue weighted by molar-refractivity contribution is 6.31. The second kappa shape index (κ2) is 5.28. The topological polar surface area (TPSA) is 26.0 Å². The van der Waals surface area contributed by atoms with E-state index in [9.17, 15) is 0 Å². The number of benzene rings is 1.